The van der Waals surface area contributed by atoms with E-state index in [-0.39, 0.29) is 5.91 Å². The molecule has 3 rings (SSSR count). The van der Waals surface area contributed by atoms with Gasteiger partial charge in [0.15, 0.2) is 0 Å². The number of benzene rings is 1. The lowest BCUT2D eigenvalue weighted by Crippen LogP contribution is -2.29. The van der Waals surface area contributed by atoms with Crippen LogP contribution in [0, 0.1) is 0 Å². The van der Waals surface area contributed by atoms with Crippen LogP contribution >= 0.6 is 11.3 Å². The number of rotatable bonds is 3. The lowest BCUT2D eigenvalue weighted by atomic mass is 10.0. The molecule has 2 aromatic rings. The van der Waals surface area contributed by atoms with Gasteiger partial charge in [-0.1, -0.05) is 38.1 Å². The summed E-state index contributed by atoms with van der Waals surface area (Å²) < 4.78 is 0. The molecule has 1 atom stereocenters. The van der Waals surface area contributed by atoms with E-state index < -0.39 is 6.10 Å². The van der Waals surface area contributed by atoms with Crippen molar-refractivity contribution in [1.82, 2.24) is 9.88 Å². The molecule has 1 fully saturated rings. The Bertz CT molecular complexity index is 664. The molecule has 5 heteroatoms. The van der Waals surface area contributed by atoms with Crippen LogP contribution in [-0.2, 0) is 0 Å². The molecular weight excluding hydrogens is 296 g/mol. The van der Waals surface area contributed by atoms with Gasteiger partial charge in [-0.2, -0.15) is 0 Å². The van der Waals surface area contributed by atoms with Crippen molar-refractivity contribution in [2.75, 3.05) is 13.1 Å². The van der Waals surface area contributed by atoms with Crippen LogP contribution in [-0.4, -0.2) is 40.1 Å². The van der Waals surface area contributed by atoms with Crippen molar-refractivity contribution < 1.29 is 9.90 Å². The van der Waals surface area contributed by atoms with Crippen LogP contribution in [0.25, 0.3) is 10.6 Å². The van der Waals surface area contributed by atoms with Crippen molar-refractivity contribution in [3.8, 4) is 10.6 Å². The molecule has 22 heavy (non-hydrogen) atoms. The second kappa shape index (κ2) is 6.18. The molecule has 1 aromatic carbocycles. The number of aliphatic hydroxyl groups is 1. The van der Waals surface area contributed by atoms with E-state index in [9.17, 15) is 9.90 Å². The summed E-state index contributed by atoms with van der Waals surface area (Å²) in [7, 11) is 0. The Balaban J connectivity index is 1.77. The van der Waals surface area contributed by atoms with E-state index in [0.29, 0.717) is 31.1 Å². The summed E-state index contributed by atoms with van der Waals surface area (Å²) in [6, 6.07) is 8.34. The molecule has 0 bridgehead atoms. The molecule has 1 aliphatic heterocycles. The maximum atomic E-state index is 12.3. The zero-order chi connectivity index (χ0) is 15.7. The molecule has 116 valence electrons. The number of aliphatic hydroxyl groups excluding tert-OH is 1. The highest BCUT2D eigenvalue weighted by atomic mass is 32.1. The first-order valence-electron chi connectivity index (χ1n) is 7.58. The van der Waals surface area contributed by atoms with Gasteiger partial charge >= 0.3 is 0 Å². The van der Waals surface area contributed by atoms with Crippen LogP contribution in [0.2, 0.25) is 0 Å². The predicted molar refractivity (Wildman–Crippen MR) is 88.2 cm³/mol. The smallest absolute Gasteiger partial charge is 0.273 e. The fourth-order valence-corrected chi connectivity index (χ4v) is 3.40. The number of hydrogen-bond donors (Lipinski definition) is 1. The Morgan fingerprint density at radius 1 is 1.36 bits per heavy atom. The van der Waals surface area contributed by atoms with Crippen LogP contribution in [0.1, 0.15) is 42.2 Å². The number of thiazole rings is 1. The summed E-state index contributed by atoms with van der Waals surface area (Å²) in [5, 5.41) is 12.2. The summed E-state index contributed by atoms with van der Waals surface area (Å²) in [6.45, 7) is 5.35. The third-order valence-electron chi connectivity index (χ3n) is 4.00. The highest BCUT2D eigenvalue weighted by Gasteiger charge is 2.26. The van der Waals surface area contributed by atoms with E-state index in [1.165, 1.54) is 16.9 Å². The first-order chi connectivity index (χ1) is 10.5. The van der Waals surface area contributed by atoms with E-state index in [4.69, 9.17) is 0 Å². The summed E-state index contributed by atoms with van der Waals surface area (Å²) in [5.74, 6) is 0.418. The van der Waals surface area contributed by atoms with Gasteiger partial charge in [-0.15, -0.1) is 11.3 Å². The second-order valence-electron chi connectivity index (χ2n) is 6.01. The molecule has 1 aromatic heterocycles. The van der Waals surface area contributed by atoms with Gasteiger partial charge in [-0.05, 0) is 17.9 Å². The average Bonchev–Trinajstić information content (AvgIpc) is 3.15. The quantitative estimate of drug-likeness (QED) is 0.946. The fraction of sp³-hybridized carbons (Fsp3) is 0.412. The lowest BCUT2D eigenvalue weighted by molar-refractivity contribution is 0.0760. The zero-order valence-electron chi connectivity index (χ0n) is 12.8. The zero-order valence-corrected chi connectivity index (χ0v) is 13.6. The third-order valence-corrected chi connectivity index (χ3v) is 4.89. The molecule has 1 N–H and O–H groups in total. The highest BCUT2D eigenvalue weighted by Crippen LogP contribution is 2.26. The molecule has 2 heterocycles. The monoisotopic (exact) mass is 316 g/mol. The highest BCUT2D eigenvalue weighted by molar-refractivity contribution is 7.13. The van der Waals surface area contributed by atoms with Crippen LogP contribution < -0.4 is 0 Å². The molecule has 4 nitrogen and oxygen atoms in total. The van der Waals surface area contributed by atoms with E-state index in [1.807, 2.05) is 0 Å². The molecule has 0 aliphatic carbocycles. The Hall–Kier alpha value is -1.72. The first kappa shape index (κ1) is 15.2. The van der Waals surface area contributed by atoms with Crippen molar-refractivity contribution in [1.29, 1.82) is 0 Å². The standard InChI is InChI=1S/C17H20N2O2S/c1-11(2)12-3-5-13(6-4-12)16-18-15(10-22-16)17(21)19-8-7-14(20)9-19/h3-6,10-11,14,20H,7-9H2,1-2H3/t14-/m1/s1. The minimum Gasteiger partial charge on any atom is -0.391 e. The van der Waals surface area contributed by atoms with Crippen LogP contribution in [0.3, 0.4) is 0 Å². The Kier molecular flexibility index (Phi) is 4.27. The van der Waals surface area contributed by atoms with Crippen molar-refractivity contribution in [2.45, 2.75) is 32.3 Å². The van der Waals surface area contributed by atoms with Gasteiger partial charge in [0.2, 0.25) is 0 Å². The Morgan fingerprint density at radius 3 is 2.68 bits per heavy atom. The SMILES string of the molecule is CC(C)c1ccc(-c2nc(C(=O)N3CC[C@@H](O)C3)cs2)cc1. The molecule has 0 spiro atoms. The maximum Gasteiger partial charge on any atom is 0.273 e. The second-order valence-corrected chi connectivity index (χ2v) is 6.87. The van der Waals surface area contributed by atoms with Crippen molar-refractivity contribution in [3.05, 3.63) is 40.9 Å². The minimum atomic E-state index is -0.398. The maximum absolute atomic E-state index is 12.3. The average molecular weight is 316 g/mol. The predicted octanol–water partition coefficient (Wildman–Crippen LogP) is 3.14. The Morgan fingerprint density at radius 2 is 2.09 bits per heavy atom. The number of β-amino-alcohol motifs (C(OH)–C–C–N with tert-alkyl or cyclic N) is 1. The number of likely N-dealkylation sites (tertiary alicyclic amines) is 1. The molecule has 0 saturated carbocycles. The lowest BCUT2D eigenvalue weighted by Gasteiger charge is -2.13. The first-order valence-corrected chi connectivity index (χ1v) is 8.45. The van der Waals surface area contributed by atoms with Crippen molar-refractivity contribution in [2.24, 2.45) is 0 Å². The van der Waals surface area contributed by atoms with Crippen molar-refractivity contribution in [3.63, 3.8) is 0 Å². The number of carbonyl (C=O) groups excluding carboxylic acids is 1. The summed E-state index contributed by atoms with van der Waals surface area (Å²) in [6.07, 6.45) is 0.255. The summed E-state index contributed by atoms with van der Waals surface area (Å²) >= 11 is 1.48. The van der Waals surface area contributed by atoms with Gasteiger partial charge < -0.3 is 10.0 Å². The summed E-state index contributed by atoms with van der Waals surface area (Å²) in [4.78, 5) is 18.5. The van der Waals surface area contributed by atoms with Gasteiger partial charge in [-0.25, -0.2) is 4.98 Å². The van der Waals surface area contributed by atoms with Crippen LogP contribution in [0.4, 0.5) is 0 Å². The van der Waals surface area contributed by atoms with Gasteiger partial charge in [0.05, 0.1) is 6.10 Å². The van der Waals surface area contributed by atoms with Gasteiger partial charge in [0.1, 0.15) is 10.7 Å². The molecule has 0 radical (unpaired) electrons. The van der Waals surface area contributed by atoms with Crippen LogP contribution in [0.5, 0.6) is 0 Å². The van der Waals surface area contributed by atoms with E-state index in [1.54, 1.807) is 10.3 Å². The molecule has 1 amide bonds. The number of aromatic nitrogens is 1. The number of carbonyl (C=O) groups is 1. The van der Waals surface area contributed by atoms with Gasteiger partial charge in [0, 0.05) is 24.0 Å². The van der Waals surface area contributed by atoms with Gasteiger partial charge in [-0.3, -0.25) is 4.79 Å². The summed E-state index contributed by atoms with van der Waals surface area (Å²) in [5.41, 5.74) is 2.81. The van der Waals surface area contributed by atoms with E-state index >= 15 is 0 Å². The van der Waals surface area contributed by atoms with E-state index in [0.717, 1.165) is 10.6 Å². The molecule has 1 aliphatic rings. The largest absolute Gasteiger partial charge is 0.391 e. The minimum absolute atomic E-state index is 0.0853. The van der Waals surface area contributed by atoms with Crippen LogP contribution in [0.15, 0.2) is 29.6 Å². The molecular formula is C17H20N2O2S. The molecule has 1 saturated heterocycles. The number of hydrogen-bond acceptors (Lipinski definition) is 4. The third kappa shape index (κ3) is 3.05. The Labute approximate surface area is 134 Å². The fourth-order valence-electron chi connectivity index (χ4n) is 2.60. The normalized spacial score (nSPS) is 18.2. The number of nitrogens with zero attached hydrogens (tertiary/aromatic N) is 2. The molecule has 0 unspecified atom stereocenters. The topological polar surface area (TPSA) is 53.4 Å². The van der Waals surface area contributed by atoms with E-state index in [2.05, 4.69) is 43.1 Å². The van der Waals surface area contributed by atoms with Gasteiger partial charge in [0.25, 0.3) is 5.91 Å². The van der Waals surface area contributed by atoms with Crippen molar-refractivity contribution >= 4 is 17.2 Å². The number of amides is 1.